The number of hydrogen-bond acceptors (Lipinski definition) is 4. The molecule has 0 radical (unpaired) electrons. The number of carbonyl (C=O) groups is 1. The van der Waals surface area contributed by atoms with Crippen molar-refractivity contribution in [2.24, 2.45) is 0 Å². The van der Waals surface area contributed by atoms with Crippen LogP contribution in [0.25, 0.3) is 21.9 Å². The predicted octanol–water partition coefficient (Wildman–Crippen LogP) is 10.0. The number of ether oxygens (including phenoxy) is 3. The van der Waals surface area contributed by atoms with Crippen LogP contribution in [0.5, 0.6) is 17.2 Å². The van der Waals surface area contributed by atoms with Crippen molar-refractivity contribution in [2.75, 3.05) is 6.61 Å². The second kappa shape index (κ2) is 15.1. The molecule has 4 aromatic carbocycles. The summed E-state index contributed by atoms with van der Waals surface area (Å²) in [6, 6.07) is 27.3. The van der Waals surface area contributed by atoms with Gasteiger partial charge in [-0.25, -0.2) is 4.79 Å². The molecule has 0 aliphatic heterocycles. The van der Waals surface area contributed by atoms with Gasteiger partial charge in [-0.1, -0.05) is 82.3 Å². The van der Waals surface area contributed by atoms with Gasteiger partial charge in [-0.05, 0) is 96.6 Å². The molecule has 0 spiro atoms. The van der Waals surface area contributed by atoms with E-state index in [1.807, 2.05) is 72.8 Å². The maximum Gasteiger partial charge on any atom is 0.343 e. The van der Waals surface area contributed by atoms with Gasteiger partial charge in [0.15, 0.2) is 0 Å². The summed E-state index contributed by atoms with van der Waals surface area (Å²) in [4.78, 5) is 12.8. The number of esters is 1. The molecule has 4 rings (SSSR count). The Morgan fingerprint density at radius 1 is 0.650 bits per heavy atom. The molecule has 0 aromatic heterocycles. The summed E-state index contributed by atoms with van der Waals surface area (Å²) in [5.41, 5.74) is 2.62. The quantitative estimate of drug-likeness (QED) is 0.0858. The fraction of sp³-hybridized carbons (Fsp3) is 0.361. The monoisotopic (exact) mass is 538 g/mol. The van der Waals surface area contributed by atoms with Crippen LogP contribution in [0.4, 0.5) is 0 Å². The van der Waals surface area contributed by atoms with Crippen LogP contribution in [0, 0.1) is 0 Å². The van der Waals surface area contributed by atoms with Gasteiger partial charge in [0.05, 0.1) is 18.3 Å². The van der Waals surface area contributed by atoms with Crippen molar-refractivity contribution in [3.8, 4) is 28.4 Å². The second-order valence-electron chi connectivity index (χ2n) is 10.5. The summed E-state index contributed by atoms with van der Waals surface area (Å²) in [5.74, 6) is 1.90. The van der Waals surface area contributed by atoms with E-state index in [-0.39, 0.29) is 12.1 Å². The zero-order valence-corrected chi connectivity index (χ0v) is 24.2. The predicted molar refractivity (Wildman–Crippen MR) is 165 cm³/mol. The summed E-state index contributed by atoms with van der Waals surface area (Å²) < 4.78 is 17.6. The van der Waals surface area contributed by atoms with Crippen molar-refractivity contribution in [3.63, 3.8) is 0 Å². The van der Waals surface area contributed by atoms with Crippen molar-refractivity contribution in [1.82, 2.24) is 0 Å². The molecule has 0 aliphatic rings. The molecule has 40 heavy (non-hydrogen) atoms. The molecule has 0 amide bonds. The van der Waals surface area contributed by atoms with E-state index in [0.717, 1.165) is 52.8 Å². The maximum atomic E-state index is 12.8. The molecule has 0 bridgehead atoms. The van der Waals surface area contributed by atoms with Crippen molar-refractivity contribution < 1.29 is 19.0 Å². The van der Waals surface area contributed by atoms with Crippen LogP contribution in [-0.4, -0.2) is 18.7 Å². The molecule has 0 unspecified atom stereocenters. The van der Waals surface area contributed by atoms with Crippen LogP contribution < -0.4 is 14.2 Å². The Hall–Kier alpha value is -3.79. The van der Waals surface area contributed by atoms with Crippen LogP contribution in [0.15, 0.2) is 84.9 Å². The zero-order chi connectivity index (χ0) is 28.2. The minimum absolute atomic E-state index is 0.210. The Morgan fingerprint density at radius 3 is 1.90 bits per heavy atom. The average molecular weight is 539 g/mol. The van der Waals surface area contributed by atoms with E-state index in [4.69, 9.17) is 14.2 Å². The molecule has 0 saturated carbocycles. The Balaban J connectivity index is 1.31. The fourth-order valence-corrected chi connectivity index (χ4v) is 4.74. The SMILES string of the molecule is CCCCCCOc1ccc2cc(OC(=O)c3ccc(-c4ccc(O[C@H](C)CCCCC)cc4)cc3)ccc2c1. The lowest BCUT2D eigenvalue weighted by atomic mass is 10.0. The highest BCUT2D eigenvalue weighted by molar-refractivity contribution is 5.93. The third-order valence-corrected chi connectivity index (χ3v) is 7.12. The van der Waals surface area contributed by atoms with Gasteiger partial charge in [0.2, 0.25) is 0 Å². The van der Waals surface area contributed by atoms with Crippen LogP contribution in [0.3, 0.4) is 0 Å². The van der Waals surface area contributed by atoms with Gasteiger partial charge in [0, 0.05) is 0 Å². The number of unbranched alkanes of at least 4 members (excludes halogenated alkanes) is 5. The molecule has 4 aromatic rings. The molecule has 0 aliphatic carbocycles. The van der Waals surface area contributed by atoms with Crippen molar-refractivity contribution >= 4 is 16.7 Å². The van der Waals surface area contributed by atoms with Crippen molar-refractivity contribution in [3.05, 3.63) is 90.5 Å². The van der Waals surface area contributed by atoms with Crippen LogP contribution in [-0.2, 0) is 0 Å². The standard InChI is InChI=1S/C36H42O4/c1-4-6-8-10-24-38-34-22-18-32-26-35(23-19-31(32)25-34)40-36(37)30-14-12-28(13-15-30)29-16-20-33(21-17-29)39-27(3)11-9-7-5-2/h12-23,25-27H,4-11,24H2,1-3H3/t27-/m1/s1. The first-order valence-electron chi connectivity index (χ1n) is 14.8. The molecule has 4 heteroatoms. The normalized spacial score (nSPS) is 11.8. The first-order valence-corrected chi connectivity index (χ1v) is 14.8. The topological polar surface area (TPSA) is 44.8 Å². The highest BCUT2D eigenvalue weighted by Gasteiger charge is 2.11. The van der Waals surface area contributed by atoms with Crippen molar-refractivity contribution in [1.29, 1.82) is 0 Å². The van der Waals surface area contributed by atoms with E-state index < -0.39 is 0 Å². The third-order valence-electron chi connectivity index (χ3n) is 7.12. The van der Waals surface area contributed by atoms with E-state index in [2.05, 4.69) is 32.9 Å². The molecule has 210 valence electrons. The van der Waals surface area contributed by atoms with E-state index >= 15 is 0 Å². The number of carbonyl (C=O) groups excluding carboxylic acids is 1. The number of rotatable bonds is 15. The van der Waals surface area contributed by atoms with E-state index in [9.17, 15) is 4.79 Å². The number of benzene rings is 4. The maximum absolute atomic E-state index is 12.8. The lowest BCUT2D eigenvalue weighted by Gasteiger charge is -2.15. The minimum atomic E-state index is -0.376. The molecular weight excluding hydrogens is 496 g/mol. The molecular formula is C36H42O4. The average Bonchev–Trinajstić information content (AvgIpc) is 2.97. The van der Waals surface area contributed by atoms with Crippen LogP contribution >= 0.6 is 0 Å². The Bertz CT molecular complexity index is 1340. The van der Waals surface area contributed by atoms with Gasteiger partial charge in [-0.2, -0.15) is 0 Å². The Labute approximate surface area is 239 Å². The van der Waals surface area contributed by atoms with Crippen LogP contribution in [0.1, 0.15) is 82.5 Å². The Morgan fingerprint density at radius 2 is 1.23 bits per heavy atom. The first-order chi connectivity index (χ1) is 19.6. The highest BCUT2D eigenvalue weighted by atomic mass is 16.5. The summed E-state index contributed by atoms with van der Waals surface area (Å²) in [7, 11) is 0. The molecule has 0 fully saturated rings. The van der Waals surface area contributed by atoms with Gasteiger partial charge in [-0.15, -0.1) is 0 Å². The van der Waals surface area contributed by atoms with Gasteiger partial charge >= 0.3 is 5.97 Å². The summed E-state index contributed by atoms with van der Waals surface area (Å²) in [5, 5.41) is 2.05. The smallest absolute Gasteiger partial charge is 0.343 e. The minimum Gasteiger partial charge on any atom is -0.494 e. The summed E-state index contributed by atoms with van der Waals surface area (Å²) in [6.45, 7) is 7.28. The molecule has 4 nitrogen and oxygen atoms in total. The number of hydrogen-bond donors (Lipinski definition) is 0. The first kappa shape index (κ1) is 29.2. The summed E-state index contributed by atoms with van der Waals surface area (Å²) >= 11 is 0. The molecule has 0 saturated heterocycles. The van der Waals surface area contributed by atoms with Gasteiger partial charge in [-0.3, -0.25) is 0 Å². The summed E-state index contributed by atoms with van der Waals surface area (Å²) in [6.07, 6.45) is 9.67. The largest absolute Gasteiger partial charge is 0.494 e. The number of fused-ring (bicyclic) bond motifs is 1. The van der Waals surface area contributed by atoms with Gasteiger partial charge < -0.3 is 14.2 Å². The van der Waals surface area contributed by atoms with Crippen LogP contribution in [0.2, 0.25) is 0 Å². The van der Waals surface area contributed by atoms with E-state index in [0.29, 0.717) is 11.3 Å². The lowest BCUT2D eigenvalue weighted by Crippen LogP contribution is -2.11. The van der Waals surface area contributed by atoms with Gasteiger partial charge in [0.1, 0.15) is 17.2 Å². The second-order valence-corrected chi connectivity index (χ2v) is 10.5. The fourth-order valence-electron chi connectivity index (χ4n) is 4.74. The third kappa shape index (κ3) is 8.61. The molecule has 1 atom stereocenters. The van der Waals surface area contributed by atoms with E-state index in [1.165, 1.54) is 38.5 Å². The Kier molecular flexibility index (Phi) is 11.0. The lowest BCUT2D eigenvalue weighted by molar-refractivity contribution is 0.0735. The van der Waals surface area contributed by atoms with Crippen molar-refractivity contribution in [2.45, 2.75) is 78.2 Å². The van der Waals surface area contributed by atoms with E-state index in [1.54, 1.807) is 0 Å². The highest BCUT2D eigenvalue weighted by Crippen LogP contribution is 2.27. The zero-order valence-electron chi connectivity index (χ0n) is 24.2. The molecule has 0 N–H and O–H groups in total. The van der Waals surface area contributed by atoms with Gasteiger partial charge in [0.25, 0.3) is 0 Å². The molecule has 0 heterocycles.